The zero-order chi connectivity index (χ0) is 24.9. The van der Waals surface area contributed by atoms with E-state index < -0.39 is 11.8 Å². The molecule has 0 aliphatic heterocycles. The van der Waals surface area contributed by atoms with Gasteiger partial charge in [-0.05, 0) is 29.8 Å². The van der Waals surface area contributed by atoms with Gasteiger partial charge in [0.05, 0.1) is 6.54 Å². The van der Waals surface area contributed by atoms with Gasteiger partial charge in [0, 0.05) is 16.7 Å². The van der Waals surface area contributed by atoms with E-state index in [9.17, 15) is 9.59 Å². The summed E-state index contributed by atoms with van der Waals surface area (Å²) in [5.41, 5.74) is 8.42. The monoisotopic (exact) mass is 479 g/mol. The Balaban J connectivity index is 1.20. The smallest absolute Gasteiger partial charge is 0.275 e. The maximum atomic E-state index is 12.8. The number of hydrogen-bond acceptors (Lipinski definition) is 7. The molecule has 2 amide bonds. The van der Waals surface area contributed by atoms with Gasteiger partial charge in [-0.1, -0.05) is 78.0 Å². The maximum absolute atomic E-state index is 12.8. The Morgan fingerprint density at radius 1 is 0.833 bits per heavy atom. The summed E-state index contributed by atoms with van der Waals surface area (Å²) in [6.07, 6.45) is 0. The van der Waals surface area contributed by atoms with Crippen LogP contribution < -0.4 is 10.9 Å². The largest absolute Gasteiger partial charge is 0.360 e. The summed E-state index contributed by atoms with van der Waals surface area (Å²) in [6.45, 7) is 2.04. The van der Waals surface area contributed by atoms with Gasteiger partial charge < -0.3 is 4.52 Å². The van der Waals surface area contributed by atoms with Crippen LogP contribution in [-0.2, 0) is 6.54 Å². The van der Waals surface area contributed by atoms with Gasteiger partial charge in [-0.15, -0.1) is 10.2 Å². The van der Waals surface area contributed by atoms with E-state index in [0.717, 1.165) is 16.7 Å². The molecule has 2 aromatic heterocycles. The minimum atomic E-state index is -0.524. The number of tetrazole rings is 1. The Labute approximate surface area is 205 Å². The lowest BCUT2D eigenvalue weighted by Gasteiger charge is -2.08. The number of carbonyl (C=O) groups is 2. The molecular weight excluding hydrogens is 458 g/mol. The second-order valence-corrected chi connectivity index (χ2v) is 7.94. The molecule has 2 heterocycles. The van der Waals surface area contributed by atoms with Gasteiger partial charge in [0.1, 0.15) is 17.0 Å². The number of hydrazine groups is 1. The van der Waals surface area contributed by atoms with E-state index in [1.807, 2.05) is 60.7 Å². The van der Waals surface area contributed by atoms with E-state index in [1.165, 1.54) is 4.80 Å². The molecule has 0 fully saturated rings. The topological polar surface area (TPSA) is 128 Å². The number of rotatable bonds is 6. The summed E-state index contributed by atoms with van der Waals surface area (Å²) in [6, 6.07) is 25.7. The molecular formula is C26H21N7O3. The van der Waals surface area contributed by atoms with Crippen molar-refractivity contribution >= 4 is 11.8 Å². The van der Waals surface area contributed by atoms with E-state index in [0.29, 0.717) is 29.4 Å². The first-order chi connectivity index (χ1) is 17.6. The van der Waals surface area contributed by atoms with Crippen molar-refractivity contribution < 1.29 is 14.1 Å². The molecule has 10 nitrogen and oxygen atoms in total. The fourth-order valence-corrected chi connectivity index (χ4v) is 3.62. The normalized spacial score (nSPS) is 10.7. The van der Waals surface area contributed by atoms with Crippen LogP contribution >= 0.6 is 0 Å². The van der Waals surface area contributed by atoms with Crippen molar-refractivity contribution in [3.05, 3.63) is 107 Å². The quantitative estimate of drug-likeness (QED) is 0.357. The summed E-state index contributed by atoms with van der Waals surface area (Å²) < 4.78 is 5.21. The van der Waals surface area contributed by atoms with E-state index in [4.69, 9.17) is 4.52 Å². The number of benzene rings is 3. The van der Waals surface area contributed by atoms with Crippen LogP contribution in [-0.4, -0.2) is 37.2 Å². The van der Waals surface area contributed by atoms with E-state index >= 15 is 0 Å². The molecule has 2 N–H and O–H groups in total. The highest BCUT2D eigenvalue weighted by atomic mass is 16.5. The lowest BCUT2D eigenvalue weighted by atomic mass is 10.1. The zero-order valence-corrected chi connectivity index (χ0v) is 19.3. The second-order valence-electron chi connectivity index (χ2n) is 7.94. The fraction of sp³-hybridized carbons (Fsp3) is 0.0769. The van der Waals surface area contributed by atoms with E-state index in [-0.39, 0.29) is 5.56 Å². The second kappa shape index (κ2) is 10.0. The van der Waals surface area contributed by atoms with Crippen LogP contribution in [0.5, 0.6) is 0 Å². The first-order valence-electron chi connectivity index (χ1n) is 11.1. The Kier molecular flexibility index (Phi) is 6.31. The lowest BCUT2D eigenvalue weighted by Crippen LogP contribution is -2.41. The first kappa shape index (κ1) is 22.7. The summed E-state index contributed by atoms with van der Waals surface area (Å²) >= 11 is 0. The minimum absolute atomic E-state index is 0.257. The van der Waals surface area contributed by atoms with E-state index in [2.05, 4.69) is 31.4 Å². The number of aromatic nitrogens is 5. The number of carbonyl (C=O) groups excluding carboxylic acids is 2. The SMILES string of the molecule is Cc1onc(-c2ccccc2)c1C(=O)NNC(=O)c1ccc(Cn2nnc(-c3ccccc3)n2)cc1. The van der Waals surface area contributed by atoms with Crippen molar-refractivity contribution in [3.8, 4) is 22.6 Å². The number of hydrogen-bond donors (Lipinski definition) is 2. The van der Waals surface area contributed by atoms with Crippen molar-refractivity contribution in [2.45, 2.75) is 13.5 Å². The third-order valence-corrected chi connectivity index (χ3v) is 5.45. The maximum Gasteiger partial charge on any atom is 0.275 e. The number of nitrogens with one attached hydrogen (secondary N) is 2. The summed E-state index contributed by atoms with van der Waals surface area (Å²) in [5, 5.41) is 16.6. The standard InChI is InChI=1S/C26H21N7O3/c1-17-22(23(31-36-17)19-8-4-2-5-9-19)26(35)29-28-25(34)21-14-12-18(13-15-21)16-33-30-24(27-32-33)20-10-6-3-7-11-20/h2-15H,16H2,1H3,(H,28,34)(H,29,35). The molecule has 3 aromatic carbocycles. The average molecular weight is 480 g/mol. The Bertz CT molecular complexity index is 1490. The Hall–Kier alpha value is -5.12. The van der Waals surface area contributed by atoms with Gasteiger partial charge in [0.2, 0.25) is 5.82 Å². The molecule has 0 spiro atoms. The molecule has 10 heteroatoms. The van der Waals surface area contributed by atoms with Crippen molar-refractivity contribution in [1.29, 1.82) is 0 Å². The van der Waals surface area contributed by atoms with Gasteiger partial charge >= 0.3 is 0 Å². The van der Waals surface area contributed by atoms with Crippen LogP contribution in [0.3, 0.4) is 0 Å². The van der Waals surface area contributed by atoms with Crippen molar-refractivity contribution in [2.24, 2.45) is 0 Å². The molecule has 36 heavy (non-hydrogen) atoms. The van der Waals surface area contributed by atoms with Crippen LogP contribution in [0.25, 0.3) is 22.6 Å². The number of nitrogens with zero attached hydrogens (tertiary/aromatic N) is 5. The van der Waals surface area contributed by atoms with Gasteiger partial charge in [-0.2, -0.15) is 4.80 Å². The Morgan fingerprint density at radius 2 is 1.47 bits per heavy atom. The van der Waals surface area contributed by atoms with Crippen molar-refractivity contribution in [2.75, 3.05) is 0 Å². The van der Waals surface area contributed by atoms with Gasteiger partial charge in [-0.3, -0.25) is 20.4 Å². The molecule has 5 aromatic rings. The minimum Gasteiger partial charge on any atom is -0.360 e. The molecule has 0 unspecified atom stereocenters. The summed E-state index contributed by atoms with van der Waals surface area (Å²) in [4.78, 5) is 26.8. The lowest BCUT2D eigenvalue weighted by molar-refractivity contribution is 0.0846. The summed E-state index contributed by atoms with van der Waals surface area (Å²) in [7, 11) is 0. The number of amides is 2. The molecule has 0 bridgehead atoms. The zero-order valence-electron chi connectivity index (χ0n) is 19.3. The van der Waals surface area contributed by atoms with Gasteiger partial charge in [0.25, 0.3) is 11.8 Å². The van der Waals surface area contributed by atoms with Crippen LogP contribution in [0.2, 0.25) is 0 Å². The van der Waals surface area contributed by atoms with E-state index in [1.54, 1.807) is 31.2 Å². The molecule has 0 aliphatic rings. The molecule has 0 saturated carbocycles. The third-order valence-electron chi connectivity index (χ3n) is 5.45. The molecule has 0 atom stereocenters. The van der Waals surface area contributed by atoms with Crippen LogP contribution in [0, 0.1) is 6.92 Å². The van der Waals surface area contributed by atoms with Crippen LogP contribution in [0.4, 0.5) is 0 Å². The third kappa shape index (κ3) is 4.87. The highest BCUT2D eigenvalue weighted by Crippen LogP contribution is 2.24. The Morgan fingerprint density at radius 3 is 2.17 bits per heavy atom. The highest BCUT2D eigenvalue weighted by Gasteiger charge is 2.22. The van der Waals surface area contributed by atoms with Crippen molar-refractivity contribution in [3.63, 3.8) is 0 Å². The van der Waals surface area contributed by atoms with Gasteiger partial charge in [-0.25, -0.2) is 0 Å². The molecule has 0 saturated heterocycles. The molecule has 5 rings (SSSR count). The predicted octanol–water partition coefficient (Wildman–Crippen LogP) is 3.43. The number of aryl methyl sites for hydroxylation is 1. The van der Waals surface area contributed by atoms with Gasteiger partial charge in [0.15, 0.2) is 0 Å². The van der Waals surface area contributed by atoms with Crippen LogP contribution in [0.15, 0.2) is 89.5 Å². The summed E-state index contributed by atoms with van der Waals surface area (Å²) in [5.74, 6) is -0.0949. The molecule has 0 radical (unpaired) electrons. The first-order valence-corrected chi connectivity index (χ1v) is 11.1. The highest BCUT2D eigenvalue weighted by molar-refractivity contribution is 6.03. The average Bonchev–Trinajstić information content (AvgIpc) is 3.55. The fourth-order valence-electron chi connectivity index (χ4n) is 3.62. The molecule has 0 aliphatic carbocycles. The predicted molar refractivity (Wildman–Crippen MR) is 130 cm³/mol. The molecule has 178 valence electrons. The van der Waals surface area contributed by atoms with Crippen molar-refractivity contribution in [1.82, 2.24) is 36.2 Å². The van der Waals surface area contributed by atoms with Crippen LogP contribution in [0.1, 0.15) is 32.0 Å².